The van der Waals surface area contributed by atoms with Crippen molar-refractivity contribution in [3.05, 3.63) is 89.5 Å². The summed E-state index contributed by atoms with van der Waals surface area (Å²) in [4.78, 5) is 13.8. The zero-order valence-corrected chi connectivity index (χ0v) is 17.8. The number of hydrogen-bond donors (Lipinski definition) is 2. The number of thioether (sulfide) groups is 1. The Hall–Kier alpha value is -2.77. The summed E-state index contributed by atoms with van der Waals surface area (Å²) in [6, 6.07) is 22.8. The number of carbonyl (C=O) groups is 1. The molecule has 3 rings (SSSR count). The van der Waals surface area contributed by atoms with Crippen molar-refractivity contribution >= 4 is 39.1 Å². The minimum absolute atomic E-state index is 0.298. The Morgan fingerprint density at radius 2 is 1.66 bits per heavy atom. The molecule has 3 aromatic rings. The molecule has 0 saturated heterocycles. The number of anilines is 2. The second-order valence-electron chi connectivity index (χ2n) is 6.66. The van der Waals surface area contributed by atoms with Gasteiger partial charge in [0.05, 0.1) is 11.9 Å². The molecule has 0 aliphatic rings. The Balaban J connectivity index is 1.64. The lowest BCUT2D eigenvalue weighted by atomic mass is 10.1. The van der Waals surface area contributed by atoms with Crippen LogP contribution in [0.1, 0.15) is 21.5 Å². The first-order valence-electron chi connectivity index (χ1n) is 8.97. The molecule has 7 heteroatoms. The van der Waals surface area contributed by atoms with Crippen LogP contribution in [0.15, 0.2) is 77.7 Å². The number of aryl methyl sites for hydroxylation is 1. The summed E-state index contributed by atoms with van der Waals surface area (Å²) in [5.41, 5.74) is 3.36. The van der Waals surface area contributed by atoms with Crippen molar-refractivity contribution in [3.8, 4) is 0 Å². The topological polar surface area (TPSA) is 75.3 Å². The van der Waals surface area contributed by atoms with E-state index >= 15 is 0 Å². The van der Waals surface area contributed by atoms with Gasteiger partial charge < -0.3 is 5.32 Å². The van der Waals surface area contributed by atoms with Crippen LogP contribution in [0.3, 0.4) is 0 Å². The number of benzene rings is 3. The van der Waals surface area contributed by atoms with E-state index in [-0.39, 0.29) is 5.91 Å². The smallest absolute Gasteiger partial charge is 0.255 e. The van der Waals surface area contributed by atoms with Crippen molar-refractivity contribution < 1.29 is 13.2 Å². The van der Waals surface area contributed by atoms with Crippen LogP contribution < -0.4 is 10.0 Å². The van der Waals surface area contributed by atoms with Crippen LogP contribution in [-0.4, -0.2) is 20.6 Å². The number of sulfonamides is 1. The molecule has 0 unspecified atom stereocenters. The lowest BCUT2D eigenvalue weighted by Gasteiger charge is -2.11. The molecule has 0 radical (unpaired) electrons. The average Bonchev–Trinajstić information content (AvgIpc) is 2.69. The Bertz CT molecular complexity index is 1100. The SMILES string of the molecule is Cc1ccc(C(=O)Nc2ccc(CSc3ccccc3)cc2)cc1NS(C)(=O)=O. The molecule has 5 nitrogen and oxygen atoms in total. The maximum absolute atomic E-state index is 12.5. The fourth-order valence-corrected chi connectivity index (χ4v) is 4.14. The molecule has 1 amide bonds. The molecule has 0 spiro atoms. The van der Waals surface area contributed by atoms with Gasteiger partial charge in [-0.15, -0.1) is 11.8 Å². The first-order chi connectivity index (χ1) is 13.8. The number of carbonyl (C=O) groups excluding carboxylic acids is 1. The molecule has 0 aliphatic carbocycles. The molecule has 0 aliphatic heterocycles. The third kappa shape index (κ3) is 6.37. The number of amides is 1. The van der Waals surface area contributed by atoms with Crippen molar-refractivity contribution in [1.82, 2.24) is 0 Å². The van der Waals surface area contributed by atoms with Crippen LogP contribution in [0, 0.1) is 6.92 Å². The van der Waals surface area contributed by atoms with E-state index in [4.69, 9.17) is 0 Å². The molecule has 0 atom stereocenters. The predicted octanol–water partition coefficient (Wildman–Crippen LogP) is 4.91. The first kappa shape index (κ1) is 21.0. The first-order valence-corrected chi connectivity index (χ1v) is 11.8. The zero-order valence-electron chi connectivity index (χ0n) is 16.2. The molecule has 0 fully saturated rings. The van der Waals surface area contributed by atoms with Gasteiger partial charge in [-0.05, 0) is 54.4 Å². The van der Waals surface area contributed by atoms with Gasteiger partial charge >= 0.3 is 0 Å². The standard InChI is InChI=1S/C22H22N2O3S2/c1-16-8-11-18(14-21(16)24-29(2,26)27)22(25)23-19-12-9-17(10-13-19)15-28-20-6-4-3-5-7-20/h3-14,24H,15H2,1-2H3,(H,23,25). The minimum Gasteiger partial charge on any atom is -0.322 e. The second-order valence-corrected chi connectivity index (χ2v) is 9.45. The second kappa shape index (κ2) is 9.15. The van der Waals surface area contributed by atoms with Gasteiger partial charge in [0, 0.05) is 21.9 Å². The van der Waals surface area contributed by atoms with Crippen molar-refractivity contribution in [2.24, 2.45) is 0 Å². The van der Waals surface area contributed by atoms with Crippen LogP contribution in [0.4, 0.5) is 11.4 Å². The lowest BCUT2D eigenvalue weighted by Crippen LogP contribution is -2.14. The quantitative estimate of drug-likeness (QED) is 0.526. The third-order valence-electron chi connectivity index (χ3n) is 4.16. The van der Waals surface area contributed by atoms with Crippen molar-refractivity contribution in [2.45, 2.75) is 17.6 Å². The van der Waals surface area contributed by atoms with E-state index in [9.17, 15) is 13.2 Å². The van der Waals surface area contributed by atoms with Gasteiger partial charge in [-0.25, -0.2) is 8.42 Å². The number of rotatable bonds is 7. The number of nitrogens with one attached hydrogen (secondary N) is 2. The van der Waals surface area contributed by atoms with Crippen LogP contribution in [0.25, 0.3) is 0 Å². The molecule has 3 aromatic carbocycles. The third-order valence-corrected chi connectivity index (χ3v) is 5.83. The van der Waals surface area contributed by atoms with Gasteiger partial charge in [0.2, 0.25) is 10.0 Å². The highest BCUT2D eigenvalue weighted by molar-refractivity contribution is 7.98. The highest BCUT2D eigenvalue weighted by Gasteiger charge is 2.11. The monoisotopic (exact) mass is 426 g/mol. The Labute approximate surface area is 175 Å². The average molecular weight is 427 g/mol. The van der Waals surface area contributed by atoms with E-state index in [1.165, 1.54) is 11.0 Å². The molecule has 0 saturated carbocycles. The zero-order chi connectivity index (χ0) is 20.9. The lowest BCUT2D eigenvalue weighted by molar-refractivity contribution is 0.102. The van der Waals surface area contributed by atoms with Crippen molar-refractivity contribution in [1.29, 1.82) is 0 Å². The van der Waals surface area contributed by atoms with Crippen molar-refractivity contribution in [3.63, 3.8) is 0 Å². The Morgan fingerprint density at radius 1 is 0.966 bits per heavy atom. The van der Waals surface area contributed by atoms with Crippen LogP contribution in [0.2, 0.25) is 0 Å². The van der Waals surface area contributed by atoms with Gasteiger partial charge in [-0.3, -0.25) is 9.52 Å². The largest absolute Gasteiger partial charge is 0.322 e. The van der Waals surface area contributed by atoms with Crippen molar-refractivity contribution in [2.75, 3.05) is 16.3 Å². The summed E-state index contributed by atoms with van der Waals surface area (Å²) >= 11 is 1.75. The predicted molar refractivity (Wildman–Crippen MR) is 120 cm³/mol. The fraction of sp³-hybridized carbons (Fsp3) is 0.136. The van der Waals surface area contributed by atoms with E-state index < -0.39 is 10.0 Å². The van der Waals surface area contributed by atoms with E-state index in [1.807, 2.05) is 42.5 Å². The van der Waals surface area contributed by atoms with Crippen LogP contribution in [-0.2, 0) is 15.8 Å². The molecule has 2 N–H and O–H groups in total. The summed E-state index contributed by atoms with van der Waals surface area (Å²) in [5, 5.41) is 2.85. The van der Waals surface area contributed by atoms with Gasteiger partial charge in [0.1, 0.15) is 0 Å². The summed E-state index contributed by atoms with van der Waals surface area (Å²) in [5.74, 6) is 0.546. The van der Waals surface area contributed by atoms with Gasteiger partial charge in [0.25, 0.3) is 5.91 Å². The van der Waals surface area contributed by atoms with E-state index in [0.717, 1.165) is 23.1 Å². The molecule has 29 heavy (non-hydrogen) atoms. The minimum atomic E-state index is -3.42. The normalized spacial score (nSPS) is 11.1. The maximum Gasteiger partial charge on any atom is 0.255 e. The molecular weight excluding hydrogens is 404 g/mol. The summed E-state index contributed by atoms with van der Waals surface area (Å²) in [6.45, 7) is 1.78. The van der Waals surface area contributed by atoms with Crippen LogP contribution in [0.5, 0.6) is 0 Å². The number of hydrogen-bond acceptors (Lipinski definition) is 4. The summed E-state index contributed by atoms with van der Waals surface area (Å²) in [6.07, 6.45) is 1.08. The van der Waals surface area contributed by atoms with E-state index in [0.29, 0.717) is 16.9 Å². The highest BCUT2D eigenvalue weighted by atomic mass is 32.2. The molecule has 0 aromatic heterocycles. The van der Waals surface area contributed by atoms with Gasteiger partial charge in [-0.2, -0.15) is 0 Å². The molecule has 0 heterocycles. The Kier molecular flexibility index (Phi) is 6.61. The Morgan fingerprint density at radius 3 is 2.31 bits per heavy atom. The fourth-order valence-electron chi connectivity index (χ4n) is 2.64. The summed E-state index contributed by atoms with van der Waals surface area (Å²) < 4.78 is 25.4. The molecule has 0 bridgehead atoms. The molecule has 150 valence electrons. The van der Waals surface area contributed by atoms with Crippen LogP contribution >= 0.6 is 11.8 Å². The van der Waals surface area contributed by atoms with Gasteiger partial charge in [-0.1, -0.05) is 36.4 Å². The maximum atomic E-state index is 12.5. The summed E-state index contributed by atoms with van der Waals surface area (Å²) in [7, 11) is -3.42. The van der Waals surface area contributed by atoms with E-state index in [1.54, 1.807) is 30.8 Å². The van der Waals surface area contributed by atoms with E-state index in [2.05, 4.69) is 22.2 Å². The van der Waals surface area contributed by atoms with Gasteiger partial charge in [0.15, 0.2) is 0 Å². The highest BCUT2D eigenvalue weighted by Crippen LogP contribution is 2.23. The molecular formula is C22H22N2O3S2.